The summed E-state index contributed by atoms with van der Waals surface area (Å²) in [4.78, 5) is 19.4. The van der Waals surface area contributed by atoms with Gasteiger partial charge in [0.25, 0.3) is 0 Å². The number of rotatable bonds is 8. The summed E-state index contributed by atoms with van der Waals surface area (Å²) in [6, 6.07) is 16.6. The Balaban J connectivity index is 1.16. The molecule has 2 aromatic carbocycles. The largest absolute Gasteiger partial charge is 0.492 e. The second kappa shape index (κ2) is 12.2. The number of ether oxygens (including phenoxy) is 2. The molecule has 1 aliphatic heterocycles. The molecule has 2 aromatic heterocycles. The molecule has 1 fully saturated rings. The quantitative estimate of drug-likeness (QED) is 0.245. The van der Waals surface area contributed by atoms with Gasteiger partial charge in [-0.05, 0) is 48.5 Å². The summed E-state index contributed by atoms with van der Waals surface area (Å²) in [6.07, 6.45) is 1.93. The minimum Gasteiger partial charge on any atom is -0.492 e. The van der Waals surface area contributed by atoms with Gasteiger partial charge in [-0.3, -0.25) is 14.8 Å². The average Bonchev–Trinajstić information content (AvgIpc) is 3.57. The Hall–Kier alpha value is -3.80. The smallest absolute Gasteiger partial charge is 0.324 e. The zero-order valence-electron chi connectivity index (χ0n) is 22.9. The Labute approximate surface area is 239 Å². The molecule has 40 heavy (non-hydrogen) atoms. The number of thiol groups is 1. The van der Waals surface area contributed by atoms with Crippen molar-refractivity contribution in [1.82, 2.24) is 19.6 Å². The van der Waals surface area contributed by atoms with Crippen molar-refractivity contribution in [2.24, 2.45) is 0 Å². The van der Waals surface area contributed by atoms with E-state index >= 15 is 0 Å². The van der Waals surface area contributed by atoms with Crippen LogP contribution < -0.4 is 15.4 Å². The van der Waals surface area contributed by atoms with Crippen molar-refractivity contribution >= 4 is 30.2 Å². The first-order chi connectivity index (χ1) is 19.2. The van der Waals surface area contributed by atoms with Crippen molar-refractivity contribution in [3.63, 3.8) is 0 Å². The lowest BCUT2D eigenvalue weighted by atomic mass is 9.93. The van der Waals surface area contributed by atoms with Gasteiger partial charge in [-0.15, -0.1) is 12.6 Å². The standard InChI is InChI=1S/C29H34N6O4S/c1-29(2,3)25-18-26(33-39-25)32-27(36)30-21-6-8-22(9-7-21)35-19-24(31-28(35)40)20-4-10-23(11-5-20)38-17-14-34-12-15-37-16-13-34/h4-11,18-19H,12-17H2,1-3H3,(H,31,40)(H2,30,32,33,36). The number of aromatic nitrogens is 3. The van der Waals surface area contributed by atoms with Crippen LogP contribution in [0.5, 0.6) is 5.75 Å². The molecule has 10 nitrogen and oxygen atoms in total. The Morgan fingerprint density at radius 2 is 1.77 bits per heavy atom. The summed E-state index contributed by atoms with van der Waals surface area (Å²) < 4.78 is 18.5. The first kappa shape index (κ1) is 27.8. The van der Waals surface area contributed by atoms with Gasteiger partial charge in [0.15, 0.2) is 11.0 Å². The molecule has 0 spiro atoms. The molecule has 0 aliphatic carbocycles. The van der Waals surface area contributed by atoms with E-state index in [2.05, 4.69) is 38.3 Å². The highest BCUT2D eigenvalue weighted by atomic mass is 32.1. The first-order valence-electron chi connectivity index (χ1n) is 13.2. The summed E-state index contributed by atoms with van der Waals surface area (Å²) >= 11 is 4.57. The fourth-order valence-electron chi connectivity index (χ4n) is 4.21. The second-order valence-corrected chi connectivity index (χ2v) is 11.0. The second-order valence-electron chi connectivity index (χ2n) is 10.6. The minimum atomic E-state index is -0.408. The summed E-state index contributed by atoms with van der Waals surface area (Å²) in [5.74, 6) is 1.88. The minimum absolute atomic E-state index is 0.195. The summed E-state index contributed by atoms with van der Waals surface area (Å²) in [5.41, 5.74) is 3.06. The Bertz CT molecular complexity index is 1420. The van der Waals surface area contributed by atoms with Gasteiger partial charge in [0.2, 0.25) is 0 Å². The van der Waals surface area contributed by atoms with E-state index in [9.17, 15) is 4.79 Å². The molecule has 0 radical (unpaired) electrons. The molecule has 3 heterocycles. The molecule has 0 saturated carbocycles. The highest BCUT2D eigenvalue weighted by molar-refractivity contribution is 7.80. The number of urea groups is 1. The van der Waals surface area contributed by atoms with E-state index in [0.29, 0.717) is 29.0 Å². The van der Waals surface area contributed by atoms with Gasteiger partial charge in [0.05, 0.1) is 18.9 Å². The average molecular weight is 563 g/mol. The van der Waals surface area contributed by atoms with E-state index in [-0.39, 0.29) is 5.41 Å². The number of hydrogen-bond donors (Lipinski definition) is 3. The van der Waals surface area contributed by atoms with Crippen molar-refractivity contribution in [3.8, 4) is 22.7 Å². The number of morpholine rings is 1. The maximum atomic E-state index is 12.4. The number of carbonyl (C=O) groups is 1. The monoisotopic (exact) mass is 562 g/mol. The third kappa shape index (κ3) is 7.04. The van der Waals surface area contributed by atoms with Crippen LogP contribution >= 0.6 is 12.6 Å². The number of carbonyl (C=O) groups excluding carboxylic acids is 1. The Morgan fingerprint density at radius 1 is 1.05 bits per heavy atom. The molecule has 1 saturated heterocycles. The van der Waals surface area contributed by atoms with Gasteiger partial charge in [0.1, 0.15) is 18.1 Å². The normalized spacial score (nSPS) is 14.2. The maximum Gasteiger partial charge on any atom is 0.324 e. The Kier molecular flexibility index (Phi) is 8.43. The number of amides is 2. The molecule has 5 rings (SSSR count). The number of nitrogens with zero attached hydrogens (tertiary/aromatic N) is 4. The van der Waals surface area contributed by atoms with E-state index in [0.717, 1.165) is 55.5 Å². The van der Waals surface area contributed by atoms with E-state index in [1.165, 1.54) is 0 Å². The lowest BCUT2D eigenvalue weighted by Crippen LogP contribution is -2.38. The zero-order chi connectivity index (χ0) is 28.1. The van der Waals surface area contributed by atoms with Crippen LogP contribution in [0.4, 0.5) is 16.3 Å². The molecule has 0 bridgehead atoms. The topological polar surface area (TPSA) is 107 Å². The fourth-order valence-corrected chi connectivity index (χ4v) is 4.49. The summed E-state index contributed by atoms with van der Waals surface area (Å²) in [5, 5.41) is 9.96. The molecule has 2 amide bonds. The summed E-state index contributed by atoms with van der Waals surface area (Å²) in [7, 11) is 0. The molecule has 11 heteroatoms. The predicted molar refractivity (Wildman–Crippen MR) is 157 cm³/mol. The van der Waals surface area contributed by atoms with Gasteiger partial charge >= 0.3 is 6.03 Å². The highest BCUT2D eigenvalue weighted by Gasteiger charge is 2.20. The van der Waals surface area contributed by atoms with Gasteiger partial charge in [-0.2, -0.15) is 0 Å². The number of benzene rings is 2. The Morgan fingerprint density at radius 3 is 2.45 bits per heavy atom. The van der Waals surface area contributed by atoms with Crippen LogP contribution in [0, 0.1) is 0 Å². The summed E-state index contributed by atoms with van der Waals surface area (Å²) in [6.45, 7) is 11.0. The zero-order valence-corrected chi connectivity index (χ0v) is 23.8. The third-order valence-corrected chi connectivity index (χ3v) is 6.83. The van der Waals surface area contributed by atoms with Crippen molar-refractivity contribution in [2.45, 2.75) is 31.3 Å². The van der Waals surface area contributed by atoms with Crippen LogP contribution in [0.25, 0.3) is 16.9 Å². The molecular formula is C29H34N6O4S. The van der Waals surface area contributed by atoms with E-state index in [1.54, 1.807) is 6.07 Å². The van der Waals surface area contributed by atoms with Gasteiger partial charge in [-0.25, -0.2) is 9.78 Å². The molecule has 1 aliphatic rings. The lowest BCUT2D eigenvalue weighted by molar-refractivity contribution is 0.0322. The number of hydrogen-bond acceptors (Lipinski definition) is 8. The van der Waals surface area contributed by atoms with Crippen LogP contribution in [0.2, 0.25) is 0 Å². The maximum absolute atomic E-state index is 12.4. The molecule has 4 aromatic rings. The lowest BCUT2D eigenvalue weighted by Gasteiger charge is -2.26. The SMILES string of the molecule is CC(C)(C)c1cc(NC(=O)Nc2ccc(-n3cc(-c4ccc(OCCN5CCOCC5)cc4)nc3S)cc2)no1. The van der Waals surface area contributed by atoms with Crippen LogP contribution in [0.1, 0.15) is 26.5 Å². The predicted octanol–water partition coefficient (Wildman–Crippen LogP) is 5.47. The fraction of sp³-hybridized carbons (Fsp3) is 0.345. The van der Waals surface area contributed by atoms with Crippen LogP contribution in [0.3, 0.4) is 0 Å². The van der Waals surface area contributed by atoms with Crippen LogP contribution in [-0.4, -0.2) is 65.1 Å². The van der Waals surface area contributed by atoms with Gasteiger partial charge in [-0.1, -0.05) is 25.9 Å². The van der Waals surface area contributed by atoms with Crippen molar-refractivity contribution in [2.75, 3.05) is 50.1 Å². The molecule has 210 valence electrons. The van der Waals surface area contributed by atoms with Gasteiger partial charge < -0.3 is 19.3 Å². The van der Waals surface area contributed by atoms with Gasteiger partial charge in [0, 0.05) is 54.3 Å². The molecule has 2 N–H and O–H groups in total. The van der Waals surface area contributed by atoms with Crippen LogP contribution in [0.15, 0.2) is 70.5 Å². The number of nitrogens with one attached hydrogen (secondary N) is 2. The number of anilines is 2. The third-order valence-electron chi connectivity index (χ3n) is 6.51. The molecule has 0 atom stereocenters. The molecule has 0 unspecified atom stereocenters. The van der Waals surface area contributed by atoms with E-state index in [4.69, 9.17) is 14.0 Å². The van der Waals surface area contributed by atoms with Crippen molar-refractivity contribution in [3.05, 3.63) is 66.6 Å². The van der Waals surface area contributed by atoms with Crippen molar-refractivity contribution in [1.29, 1.82) is 0 Å². The first-order valence-corrected chi connectivity index (χ1v) is 13.7. The van der Waals surface area contributed by atoms with E-state index < -0.39 is 6.03 Å². The highest BCUT2D eigenvalue weighted by Crippen LogP contribution is 2.27. The van der Waals surface area contributed by atoms with E-state index in [1.807, 2.05) is 80.1 Å². The molecular weight excluding hydrogens is 528 g/mol. The number of imidazole rings is 1. The van der Waals surface area contributed by atoms with Crippen molar-refractivity contribution < 1.29 is 18.8 Å². The van der Waals surface area contributed by atoms with Crippen LogP contribution in [-0.2, 0) is 10.2 Å².